The molecule has 4 aromatic carbocycles. The Morgan fingerprint density at radius 2 is 1.72 bits per heavy atom. The molecule has 11 heteroatoms. The number of amides is 1. The molecule has 0 radical (unpaired) electrons. The van der Waals surface area contributed by atoms with Crippen LogP contribution in [0, 0.1) is 6.92 Å². The van der Waals surface area contributed by atoms with Crippen molar-refractivity contribution in [3.63, 3.8) is 0 Å². The average molecular weight is 526 g/mol. The van der Waals surface area contributed by atoms with Gasteiger partial charge in [-0.15, -0.1) is 10.2 Å². The van der Waals surface area contributed by atoms with Crippen LogP contribution in [-0.4, -0.2) is 31.1 Å². The normalized spacial score (nSPS) is 11.7. The number of nitrogens with one attached hydrogen (secondary N) is 1. The number of carbonyl (C=O) groups is 1. The molecular formula is C25H20ClN3O6S. The second-order valence-corrected chi connectivity index (χ2v) is 9.57. The number of hydrogen-bond donors (Lipinski definition) is 3. The van der Waals surface area contributed by atoms with Crippen LogP contribution in [0.15, 0.2) is 81.9 Å². The zero-order valence-corrected chi connectivity index (χ0v) is 20.6. The Morgan fingerprint density at radius 3 is 2.39 bits per heavy atom. The van der Waals surface area contributed by atoms with Crippen LogP contribution >= 0.6 is 11.6 Å². The van der Waals surface area contributed by atoms with Crippen LogP contribution < -0.4 is 10.1 Å². The van der Waals surface area contributed by atoms with Gasteiger partial charge >= 0.3 is 0 Å². The van der Waals surface area contributed by atoms with E-state index in [2.05, 4.69) is 15.5 Å². The number of ether oxygens (including phenoxy) is 1. The Labute approximate surface area is 211 Å². The molecular weight excluding hydrogens is 506 g/mol. The van der Waals surface area contributed by atoms with Crippen molar-refractivity contribution >= 4 is 55.5 Å². The molecule has 0 aliphatic carbocycles. The molecule has 184 valence electrons. The number of fused-ring (bicyclic) bond motifs is 1. The molecule has 0 atom stereocenters. The lowest BCUT2D eigenvalue weighted by molar-refractivity contribution is 0.102. The Kier molecular flexibility index (Phi) is 6.93. The molecule has 0 spiro atoms. The van der Waals surface area contributed by atoms with E-state index in [9.17, 15) is 22.9 Å². The minimum atomic E-state index is -4.51. The number of phenolic OH excluding ortho intramolecular Hbond substituents is 1. The van der Waals surface area contributed by atoms with Crippen molar-refractivity contribution in [2.24, 2.45) is 10.2 Å². The summed E-state index contributed by atoms with van der Waals surface area (Å²) in [5.74, 6) is -0.388. The van der Waals surface area contributed by atoms with E-state index in [1.165, 1.54) is 19.2 Å². The summed E-state index contributed by atoms with van der Waals surface area (Å²) in [5.41, 5.74) is 0.732. The third-order valence-electron chi connectivity index (χ3n) is 5.35. The highest BCUT2D eigenvalue weighted by Crippen LogP contribution is 2.41. The number of azo groups is 1. The van der Waals surface area contributed by atoms with Gasteiger partial charge in [0.2, 0.25) is 0 Å². The fourth-order valence-corrected chi connectivity index (χ4v) is 4.24. The zero-order chi connectivity index (χ0) is 26.0. The van der Waals surface area contributed by atoms with E-state index < -0.39 is 26.7 Å². The van der Waals surface area contributed by atoms with Crippen LogP contribution in [0.4, 0.5) is 17.1 Å². The summed E-state index contributed by atoms with van der Waals surface area (Å²) in [6, 6.07) is 17.4. The van der Waals surface area contributed by atoms with Gasteiger partial charge in [0.25, 0.3) is 16.0 Å². The van der Waals surface area contributed by atoms with Crippen molar-refractivity contribution in [1.29, 1.82) is 0 Å². The van der Waals surface area contributed by atoms with Gasteiger partial charge < -0.3 is 15.2 Å². The van der Waals surface area contributed by atoms with Crippen molar-refractivity contribution < 1.29 is 27.6 Å². The van der Waals surface area contributed by atoms with Gasteiger partial charge in [0.05, 0.1) is 22.6 Å². The van der Waals surface area contributed by atoms with Gasteiger partial charge in [-0.3, -0.25) is 9.35 Å². The Bertz CT molecular complexity index is 1620. The zero-order valence-electron chi connectivity index (χ0n) is 19.1. The molecule has 0 aliphatic rings. The number of aryl methyl sites for hydroxylation is 1. The van der Waals surface area contributed by atoms with Crippen LogP contribution in [0.25, 0.3) is 10.8 Å². The monoisotopic (exact) mass is 525 g/mol. The second-order valence-electron chi connectivity index (χ2n) is 7.77. The summed E-state index contributed by atoms with van der Waals surface area (Å²) >= 11 is 6.27. The van der Waals surface area contributed by atoms with Crippen molar-refractivity contribution in [2.75, 3.05) is 12.4 Å². The Hall–Kier alpha value is -3.99. The second kappa shape index (κ2) is 9.94. The molecule has 0 aromatic heterocycles. The fraction of sp³-hybridized carbons (Fsp3) is 0.0800. The van der Waals surface area contributed by atoms with Gasteiger partial charge in [-0.1, -0.05) is 35.9 Å². The van der Waals surface area contributed by atoms with E-state index in [1.54, 1.807) is 55.5 Å². The number of aromatic hydroxyl groups is 1. The van der Waals surface area contributed by atoms with Gasteiger partial charge in [-0.2, -0.15) is 8.42 Å². The van der Waals surface area contributed by atoms with E-state index in [0.717, 1.165) is 6.07 Å². The summed E-state index contributed by atoms with van der Waals surface area (Å²) < 4.78 is 37.7. The Morgan fingerprint density at radius 1 is 1.03 bits per heavy atom. The first kappa shape index (κ1) is 25.1. The topological polar surface area (TPSA) is 138 Å². The minimum absolute atomic E-state index is 0.0149. The molecule has 36 heavy (non-hydrogen) atoms. The van der Waals surface area contributed by atoms with Crippen LogP contribution in [0.5, 0.6) is 11.5 Å². The maximum absolute atomic E-state index is 13.0. The van der Waals surface area contributed by atoms with Crippen molar-refractivity contribution in [2.45, 2.75) is 11.8 Å². The lowest BCUT2D eigenvalue weighted by Gasteiger charge is -2.12. The number of benzene rings is 4. The molecule has 0 saturated carbocycles. The van der Waals surface area contributed by atoms with E-state index in [4.69, 9.17) is 16.3 Å². The fourth-order valence-electron chi connectivity index (χ4n) is 3.51. The van der Waals surface area contributed by atoms with Crippen LogP contribution in [0.3, 0.4) is 0 Å². The number of hydrogen-bond acceptors (Lipinski definition) is 7. The predicted molar refractivity (Wildman–Crippen MR) is 137 cm³/mol. The first-order valence-electron chi connectivity index (χ1n) is 10.5. The standard InChI is InChI=1S/C25H20ClN3O6S/c1-14-11-18(36(32,33)34)13-21(22(14)26)28-29-23-19-6-4-3-5-15(19)12-20(24(23)30)25(31)27-16-7-9-17(35-2)10-8-16/h3-13,30H,1-2H3,(H,27,31)(H,32,33,34). The number of carbonyl (C=O) groups excluding carboxylic acids is 1. The maximum atomic E-state index is 13.0. The lowest BCUT2D eigenvalue weighted by atomic mass is 10.0. The van der Waals surface area contributed by atoms with Gasteiger partial charge in [0.15, 0.2) is 5.75 Å². The predicted octanol–water partition coefficient (Wildman–Crippen LogP) is 6.43. The minimum Gasteiger partial charge on any atom is -0.505 e. The van der Waals surface area contributed by atoms with E-state index in [-0.39, 0.29) is 22.0 Å². The highest BCUT2D eigenvalue weighted by atomic mass is 35.5. The highest BCUT2D eigenvalue weighted by molar-refractivity contribution is 7.85. The van der Waals surface area contributed by atoms with Crippen molar-refractivity contribution in [3.05, 3.63) is 82.9 Å². The highest BCUT2D eigenvalue weighted by Gasteiger charge is 2.19. The molecule has 0 saturated heterocycles. The lowest BCUT2D eigenvalue weighted by Crippen LogP contribution is -2.12. The largest absolute Gasteiger partial charge is 0.505 e. The number of methoxy groups -OCH3 is 1. The summed E-state index contributed by atoms with van der Waals surface area (Å²) in [7, 11) is -2.98. The van der Waals surface area contributed by atoms with Crippen LogP contribution in [-0.2, 0) is 10.1 Å². The summed E-state index contributed by atoms with van der Waals surface area (Å²) in [6.45, 7) is 1.55. The molecule has 4 rings (SSSR count). The maximum Gasteiger partial charge on any atom is 0.294 e. The quantitative estimate of drug-likeness (QED) is 0.196. The molecule has 3 N–H and O–H groups in total. The molecule has 0 aliphatic heterocycles. The number of halogens is 1. The van der Waals surface area contributed by atoms with Crippen LogP contribution in [0.2, 0.25) is 5.02 Å². The van der Waals surface area contributed by atoms with Crippen LogP contribution in [0.1, 0.15) is 15.9 Å². The summed E-state index contributed by atoms with van der Waals surface area (Å²) in [5, 5.41) is 23.1. The number of phenols is 1. The van der Waals surface area contributed by atoms with E-state index >= 15 is 0 Å². The van der Waals surface area contributed by atoms with E-state index in [0.29, 0.717) is 27.8 Å². The van der Waals surface area contributed by atoms with Gasteiger partial charge in [0, 0.05) is 11.1 Å². The average Bonchev–Trinajstić information content (AvgIpc) is 2.85. The third kappa shape index (κ3) is 5.15. The number of rotatable bonds is 6. The van der Waals surface area contributed by atoms with Crippen molar-refractivity contribution in [1.82, 2.24) is 0 Å². The molecule has 4 aromatic rings. The number of nitrogens with zero attached hydrogens (tertiary/aromatic N) is 2. The number of anilines is 1. The smallest absolute Gasteiger partial charge is 0.294 e. The molecule has 0 heterocycles. The SMILES string of the molecule is COc1ccc(NC(=O)c2cc3ccccc3c(N=Nc3cc(S(=O)(=O)O)cc(C)c3Cl)c2O)cc1. The molecule has 0 unspecified atom stereocenters. The third-order valence-corrected chi connectivity index (χ3v) is 6.68. The molecule has 0 bridgehead atoms. The van der Waals surface area contributed by atoms with Gasteiger partial charge in [0.1, 0.15) is 17.1 Å². The first-order valence-corrected chi connectivity index (χ1v) is 12.3. The van der Waals surface area contributed by atoms with Gasteiger partial charge in [-0.25, -0.2) is 0 Å². The molecule has 0 fully saturated rings. The van der Waals surface area contributed by atoms with E-state index in [1.807, 2.05) is 0 Å². The molecule has 1 amide bonds. The van der Waals surface area contributed by atoms with Gasteiger partial charge in [-0.05, 0) is 60.3 Å². The molecule has 9 nitrogen and oxygen atoms in total. The summed E-state index contributed by atoms with van der Waals surface area (Å²) in [6.07, 6.45) is 0. The Balaban J connectivity index is 1.79. The summed E-state index contributed by atoms with van der Waals surface area (Å²) in [4.78, 5) is 12.6. The van der Waals surface area contributed by atoms with Crippen molar-refractivity contribution in [3.8, 4) is 11.5 Å². The first-order chi connectivity index (χ1) is 17.1.